The maximum atomic E-state index is 11.5. The molecule has 2 rings (SSSR count). The second-order valence-electron chi connectivity index (χ2n) is 3.66. The number of hydrogen-bond acceptors (Lipinski definition) is 4. The Balaban J connectivity index is 2.67. The summed E-state index contributed by atoms with van der Waals surface area (Å²) < 4.78 is 0. The van der Waals surface area contributed by atoms with Crippen LogP contribution in [0.25, 0.3) is 0 Å². The number of anilines is 1. The van der Waals surface area contributed by atoms with E-state index in [2.05, 4.69) is 0 Å². The molecule has 0 atom stereocenters. The van der Waals surface area contributed by atoms with Gasteiger partial charge in [0, 0.05) is 12.2 Å². The Morgan fingerprint density at radius 2 is 1.53 bits per heavy atom. The third-order valence-electron chi connectivity index (χ3n) is 2.54. The first-order valence-electron chi connectivity index (χ1n) is 5.09. The van der Waals surface area contributed by atoms with E-state index >= 15 is 0 Å². The molecule has 1 aromatic rings. The molecule has 0 radical (unpaired) electrons. The van der Waals surface area contributed by atoms with Crippen LogP contribution in [0, 0.1) is 0 Å². The first-order chi connectivity index (χ1) is 8.93. The minimum Gasteiger partial charge on any atom is -0.478 e. The molecule has 0 aromatic heterocycles. The second kappa shape index (κ2) is 4.37. The summed E-state index contributed by atoms with van der Waals surface area (Å²) in [5, 5.41) is 18.0. The number of carbonyl (C=O) groups is 4. The molecular weight excluding hydrogens is 254 g/mol. The van der Waals surface area contributed by atoms with Crippen molar-refractivity contribution in [3.05, 3.63) is 41.5 Å². The fourth-order valence-electron chi connectivity index (χ4n) is 1.77. The Labute approximate surface area is 106 Å². The van der Waals surface area contributed by atoms with Gasteiger partial charge in [0.2, 0.25) is 0 Å². The van der Waals surface area contributed by atoms with Crippen LogP contribution in [0.1, 0.15) is 20.7 Å². The quantitative estimate of drug-likeness (QED) is 0.767. The van der Waals surface area contributed by atoms with Gasteiger partial charge in [-0.3, -0.25) is 9.59 Å². The van der Waals surface area contributed by atoms with Crippen LogP contribution in [0.5, 0.6) is 0 Å². The van der Waals surface area contributed by atoms with Gasteiger partial charge in [-0.2, -0.15) is 0 Å². The predicted molar refractivity (Wildman–Crippen MR) is 62.0 cm³/mol. The normalized spacial score (nSPS) is 14.0. The van der Waals surface area contributed by atoms with Crippen molar-refractivity contribution in [3.8, 4) is 0 Å². The molecule has 2 N–H and O–H groups in total. The molecule has 1 heterocycles. The van der Waals surface area contributed by atoms with Crippen molar-refractivity contribution in [3.63, 3.8) is 0 Å². The molecule has 2 amide bonds. The standard InChI is InChI=1S/C12H7NO6/c14-8-4-5-9(15)13(8)7-3-1-2-6(11(16)17)10(7)12(18)19/h1-5H,(H,16,17)(H,18,19). The molecule has 1 aromatic carbocycles. The minimum absolute atomic E-state index is 0.257. The Bertz CT molecular complexity index is 628. The highest BCUT2D eigenvalue weighted by molar-refractivity contribution is 6.29. The van der Waals surface area contributed by atoms with E-state index in [1.807, 2.05) is 0 Å². The van der Waals surface area contributed by atoms with Gasteiger partial charge < -0.3 is 10.2 Å². The average molecular weight is 261 g/mol. The second-order valence-corrected chi connectivity index (χ2v) is 3.66. The molecule has 0 bridgehead atoms. The molecule has 0 saturated heterocycles. The summed E-state index contributed by atoms with van der Waals surface area (Å²) in [5.74, 6) is -4.41. The smallest absolute Gasteiger partial charge is 0.338 e. The van der Waals surface area contributed by atoms with Gasteiger partial charge in [0.05, 0.1) is 16.8 Å². The summed E-state index contributed by atoms with van der Waals surface area (Å²) in [6, 6.07) is 3.57. The Morgan fingerprint density at radius 3 is 2.00 bits per heavy atom. The lowest BCUT2D eigenvalue weighted by Gasteiger charge is -2.17. The highest BCUT2D eigenvalue weighted by atomic mass is 16.4. The zero-order valence-electron chi connectivity index (χ0n) is 9.36. The van der Waals surface area contributed by atoms with E-state index in [0.29, 0.717) is 4.90 Å². The molecule has 7 nitrogen and oxygen atoms in total. The first kappa shape index (κ1) is 12.5. The predicted octanol–water partition coefficient (Wildman–Crippen LogP) is 0.512. The van der Waals surface area contributed by atoms with Crippen molar-refractivity contribution >= 4 is 29.4 Å². The lowest BCUT2D eigenvalue weighted by Crippen LogP contribution is -2.31. The van der Waals surface area contributed by atoms with E-state index in [1.54, 1.807) is 0 Å². The number of imide groups is 1. The highest BCUT2D eigenvalue weighted by Crippen LogP contribution is 2.27. The number of hydrogen-bond donors (Lipinski definition) is 2. The molecule has 7 heteroatoms. The molecule has 0 aliphatic carbocycles. The largest absolute Gasteiger partial charge is 0.478 e. The van der Waals surface area contributed by atoms with E-state index in [-0.39, 0.29) is 5.69 Å². The number of carbonyl (C=O) groups excluding carboxylic acids is 2. The van der Waals surface area contributed by atoms with E-state index in [4.69, 9.17) is 10.2 Å². The minimum atomic E-state index is -1.53. The van der Waals surface area contributed by atoms with E-state index in [1.165, 1.54) is 12.1 Å². The summed E-state index contributed by atoms with van der Waals surface area (Å²) >= 11 is 0. The van der Waals surface area contributed by atoms with Crippen LogP contribution in [0.2, 0.25) is 0 Å². The zero-order chi connectivity index (χ0) is 14.2. The van der Waals surface area contributed by atoms with Crippen molar-refractivity contribution in [2.75, 3.05) is 4.90 Å². The molecule has 0 fully saturated rings. The van der Waals surface area contributed by atoms with Crippen LogP contribution in [0.3, 0.4) is 0 Å². The van der Waals surface area contributed by atoms with E-state index < -0.39 is 34.9 Å². The zero-order valence-corrected chi connectivity index (χ0v) is 9.36. The van der Waals surface area contributed by atoms with Gasteiger partial charge in [0.1, 0.15) is 0 Å². The number of nitrogens with zero attached hydrogens (tertiary/aromatic N) is 1. The van der Waals surface area contributed by atoms with Crippen LogP contribution < -0.4 is 4.90 Å². The van der Waals surface area contributed by atoms with Gasteiger partial charge in [-0.15, -0.1) is 0 Å². The molecule has 0 unspecified atom stereocenters. The van der Waals surface area contributed by atoms with Crippen LogP contribution in [0.15, 0.2) is 30.4 Å². The number of carboxylic acid groups (broad SMARTS) is 2. The van der Waals surface area contributed by atoms with Crippen molar-refractivity contribution < 1.29 is 29.4 Å². The highest BCUT2D eigenvalue weighted by Gasteiger charge is 2.31. The number of aromatic carboxylic acids is 2. The van der Waals surface area contributed by atoms with Crippen LogP contribution in [0.4, 0.5) is 5.69 Å². The molecule has 0 spiro atoms. The lowest BCUT2D eigenvalue weighted by atomic mass is 10.0. The molecule has 96 valence electrons. The topological polar surface area (TPSA) is 112 Å². The van der Waals surface area contributed by atoms with Gasteiger partial charge in [-0.05, 0) is 12.1 Å². The maximum Gasteiger partial charge on any atom is 0.338 e. The molecule has 19 heavy (non-hydrogen) atoms. The number of benzene rings is 1. The Kier molecular flexibility index (Phi) is 2.88. The molecule has 1 aliphatic rings. The number of amides is 2. The average Bonchev–Trinajstić information content (AvgIpc) is 2.67. The fraction of sp³-hybridized carbons (Fsp3) is 0. The summed E-state index contributed by atoms with van der Waals surface area (Å²) in [4.78, 5) is 45.8. The van der Waals surface area contributed by atoms with Crippen LogP contribution in [-0.4, -0.2) is 34.0 Å². The Hall–Kier alpha value is -2.96. The third-order valence-corrected chi connectivity index (χ3v) is 2.54. The van der Waals surface area contributed by atoms with Crippen molar-refractivity contribution in [1.82, 2.24) is 0 Å². The van der Waals surface area contributed by atoms with E-state index in [9.17, 15) is 19.2 Å². The van der Waals surface area contributed by atoms with Gasteiger partial charge >= 0.3 is 11.9 Å². The summed E-state index contributed by atoms with van der Waals surface area (Å²) in [5.41, 5.74) is -1.34. The third kappa shape index (κ3) is 1.97. The first-order valence-corrected chi connectivity index (χ1v) is 5.09. The van der Waals surface area contributed by atoms with Crippen molar-refractivity contribution in [2.24, 2.45) is 0 Å². The summed E-state index contributed by atoms with van der Waals surface area (Å²) in [7, 11) is 0. The maximum absolute atomic E-state index is 11.5. The Morgan fingerprint density at radius 1 is 0.947 bits per heavy atom. The molecule has 1 aliphatic heterocycles. The van der Waals surface area contributed by atoms with Gasteiger partial charge in [-0.25, -0.2) is 14.5 Å². The molecule has 0 saturated carbocycles. The van der Waals surface area contributed by atoms with Crippen molar-refractivity contribution in [1.29, 1.82) is 0 Å². The van der Waals surface area contributed by atoms with E-state index in [0.717, 1.165) is 18.2 Å². The van der Waals surface area contributed by atoms with Gasteiger partial charge in [-0.1, -0.05) is 6.07 Å². The summed E-state index contributed by atoms with van der Waals surface area (Å²) in [6.45, 7) is 0. The molecular formula is C12H7NO6. The monoisotopic (exact) mass is 261 g/mol. The lowest BCUT2D eigenvalue weighted by molar-refractivity contribution is -0.119. The van der Waals surface area contributed by atoms with Gasteiger partial charge in [0.15, 0.2) is 0 Å². The van der Waals surface area contributed by atoms with Gasteiger partial charge in [0.25, 0.3) is 11.8 Å². The van der Waals surface area contributed by atoms with Crippen LogP contribution >= 0.6 is 0 Å². The summed E-state index contributed by atoms with van der Waals surface area (Å²) in [6.07, 6.45) is 1.98. The SMILES string of the molecule is O=C(O)c1cccc(N2C(=O)C=CC2=O)c1C(=O)O. The number of rotatable bonds is 3. The van der Waals surface area contributed by atoms with Crippen LogP contribution in [-0.2, 0) is 9.59 Å². The number of carboxylic acids is 2. The van der Waals surface area contributed by atoms with Crippen molar-refractivity contribution in [2.45, 2.75) is 0 Å². The fourth-order valence-corrected chi connectivity index (χ4v) is 1.77.